The lowest BCUT2D eigenvalue weighted by Gasteiger charge is -2.34. The number of methoxy groups -OCH3 is 1. The highest BCUT2D eigenvalue weighted by Crippen LogP contribution is 2.36. The number of halogens is 2. The number of carbonyl (C=O) groups excluding carboxylic acids is 1. The van der Waals surface area contributed by atoms with Crippen LogP contribution in [0.25, 0.3) is 0 Å². The van der Waals surface area contributed by atoms with Crippen LogP contribution in [0.4, 0.5) is 4.39 Å². The molecule has 0 aliphatic heterocycles. The SMILES string of the molecule is COc1cc(CO)cc(I)c1O[C@H]1C=C(C(=O)NCCO)C[C@@H](NCCc2cccc(F)c2)[C@@H]1O. The Bertz CT molecular complexity index is 1050. The molecule has 8 nitrogen and oxygen atoms in total. The van der Waals surface area contributed by atoms with Crippen molar-refractivity contribution in [1.29, 1.82) is 0 Å². The number of ether oxygens (including phenoxy) is 2. The number of hydrogen-bond acceptors (Lipinski definition) is 7. The molecule has 0 heterocycles. The Balaban J connectivity index is 1.81. The molecular formula is C25H30FIN2O6. The smallest absolute Gasteiger partial charge is 0.247 e. The maximum absolute atomic E-state index is 13.5. The van der Waals surface area contributed by atoms with Gasteiger partial charge in [0, 0.05) is 18.2 Å². The van der Waals surface area contributed by atoms with E-state index in [2.05, 4.69) is 33.2 Å². The van der Waals surface area contributed by atoms with Crippen LogP contribution in [0.1, 0.15) is 17.5 Å². The second-order valence-corrected chi connectivity index (χ2v) is 9.32. The number of carbonyl (C=O) groups is 1. The minimum Gasteiger partial charge on any atom is -0.493 e. The number of hydrogen-bond donors (Lipinski definition) is 5. The first-order valence-electron chi connectivity index (χ1n) is 11.3. The minimum atomic E-state index is -0.991. The number of aliphatic hydroxyl groups excluding tert-OH is 3. The van der Waals surface area contributed by atoms with Gasteiger partial charge < -0.3 is 35.4 Å². The topological polar surface area (TPSA) is 120 Å². The van der Waals surface area contributed by atoms with Crippen molar-refractivity contribution in [3.63, 3.8) is 0 Å². The van der Waals surface area contributed by atoms with E-state index in [1.165, 1.54) is 19.2 Å². The molecule has 0 saturated carbocycles. The number of rotatable bonds is 11. The highest BCUT2D eigenvalue weighted by atomic mass is 127. The highest BCUT2D eigenvalue weighted by molar-refractivity contribution is 14.1. The summed E-state index contributed by atoms with van der Waals surface area (Å²) in [5, 5.41) is 35.6. The van der Waals surface area contributed by atoms with Crippen LogP contribution in [0.2, 0.25) is 0 Å². The van der Waals surface area contributed by atoms with Crippen LogP contribution >= 0.6 is 22.6 Å². The van der Waals surface area contributed by atoms with Gasteiger partial charge in [-0.15, -0.1) is 0 Å². The zero-order valence-electron chi connectivity index (χ0n) is 19.3. The standard InChI is InChI=1S/C25H30FIN2O6/c1-34-22-11-16(14-31)10-19(27)24(22)35-21-13-17(25(33)29-7-8-30)12-20(23(21)32)28-6-5-15-3-2-4-18(26)9-15/h2-4,9-11,13,20-21,23,28,30-32H,5-8,12,14H2,1H3,(H,29,33)/t20-,21+,23+/m1/s1. The van der Waals surface area contributed by atoms with Gasteiger partial charge in [-0.05, 0) is 83.4 Å². The average molecular weight is 600 g/mol. The third-order valence-electron chi connectivity index (χ3n) is 5.68. The van der Waals surface area contributed by atoms with Crippen molar-refractivity contribution >= 4 is 28.5 Å². The Labute approximate surface area is 217 Å². The summed E-state index contributed by atoms with van der Waals surface area (Å²) in [5.74, 6) is 0.124. The van der Waals surface area contributed by atoms with Crippen molar-refractivity contribution < 1.29 is 34.0 Å². The molecule has 0 unspecified atom stereocenters. The van der Waals surface area contributed by atoms with Gasteiger partial charge in [-0.1, -0.05) is 12.1 Å². The molecule has 3 atom stereocenters. The Morgan fingerprint density at radius 3 is 2.69 bits per heavy atom. The first-order valence-corrected chi connectivity index (χ1v) is 12.3. The van der Waals surface area contributed by atoms with Crippen LogP contribution in [0.5, 0.6) is 11.5 Å². The van der Waals surface area contributed by atoms with E-state index in [1.807, 2.05) is 6.07 Å². The average Bonchev–Trinajstić information content (AvgIpc) is 2.85. The van der Waals surface area contributed by atoms with Crippen LogP contribution in [0.3, 0.4) is 0 Å². The number of amides is 1. The summed E-state index contributed by atoms with van der Waals surface area (Å²) in [5.41, 5.74) is 1.88. The maximum atomic E-state index is 13.5. The molecule has 1 aliphatic rings. The fourth-order valence-electron chi connectivity index (χ4n) is 3.91. The molecule has 3 rings (SSSR count). The first kappa shape index (κ1) is 27.3. The molecule has 1 aliphatic carbocycles. The zero-order chi connectivity index (χ0) is 25.4. The lowest BCUT2D eigenvalue weighted by atomic mass is 9.89. The maximum Gasteiger partial charge on any atom is 0.247 e. The van der Waals surface area contributed by atoms with Crippen molar-refractivity contribution in [2.45, 2.75) is 37.7 Å². The fourth-order valence-corrected chi connectivity index (χ4v) is 4.70. The predicted molar refractivity (Wildman–Crippen MR) is 137 cm³/mol. The molecule has 0 bridgehead atoms. The third kappa shape index (κ3) is 7.37. The predicted octanol–water partition coefficient (Wildman–Crippen LogP) is 1.68. The normalized spacial score (nSPS) is 19.7. The van der Waals surface area contributed by atoms with Crippen LogP contribution in [-0.2, 0) is 17.8 Å². The lowest BCUT2D eigenvalue weighted by Crippen LogP contribution is -2.52. The molecule has 2 aromatic carbocycles. The number of nitrogens with one attached hydrogen (secondary N) is 2. The lowest BCUT2D eigenvalue weighted by molar-refractivity contribution is -0.118. The molecule has 10 heteroatoms. The molecular weight excluding hydrogens is 570 g/mol. The molecule has 0 aromatic heterocycles. The minimum absolute atomic E-state index is 0.107. The van der Waals surface area contributed by atoms with Crippen molar-refractivity contribution in [2.75, 3.05) is 26.8 Å². The second kappa shape index (κ2) is 13.2. The molecule has 2 aromatic rings. The second-order valence-electron chi connectivity index (χ2n) is 8.16. The van der Waals surface area contributed by atoms with Crippen LogP contribution in [-0.4, -0.2) is 66.3 Å². The Hall–Kier alpha value is -2.25. The fraction of sp³-hybridized carbons (Fsp3) is 0.400. The van der Waals surface area contributed by atoms with E-state index in [0.29, 0.717) is 39.2 Å². The van der Waals surface area contributed by atoms with Crippen LogP contribution in [0, 0.1) is 9.39 Å². The van der Waals surface area contributed by atoms with Gasteiger partial charge in [0.15, 0.2) is 11.5 Å². The van der Waals surface area contributed by atoms with Gasteiger partial charge in [-0.25, -0.2) is 4.39 Å². The summed E-state index contributed by atoms with van der Waals surface area (Å²) in [6.07, 6.45) is 0.510. The van der Waals surface area contributed by atoms with Gasteiger partial charge in [-0.3, -0.25) is 4.79 Å². The van der Waals surface area contributed by atoms with Crippen molar-refractivity contribution in [2.24, 2.45) is 0 Å². The summed E-state index contributed by atoms with van der Waals surface area (Å²) in [6.45, 7) is 0.209. The third-order valence-corrected chi connectivity index (χ3v) is 6.48. The molecule has 1 amide bonds. The van der Waals surface area contributed by atoms with Crippen LogP contribution < -0.4 is 20.1 Å². The molecule has 0 spiro atoms. The van der Waals surface area contributed by atoms with Gasteiger partial charge >= 0.3 is 0 Å². The van der Waals surface area contributed by atoms with Crippen molar-refractivity contribution in [1.82, 2.24) is 10.6 Å². The highest BCUT2D eigenvalue weighted by Gasteiger charge is 2.36. The van der Waals surface area contributed by atoms with Gasteiger partial charge in [0.05, 0.1) is 23.9 Å². The van der Waals surface area contributed by atoms with Gasteiger partial charge in [0.2, 0.25) is 5.91 Å². The summed E-state index contributed by atoms with van der Waals surface area (Å²) in [7, 11) is 1.48. The number of benzene rings is 2. The first-order chi connectivity index (χ1) is 16.9. The molecule has 190 valence electrons. The Morgan fingerprint density at radius 1 is 1.20 bits per heavy atom. The Morgan fingerprint density at radius 2 is 2.00 bits per heavy atom. The van der Waals surface area contributed by atoms with Gasteiger partial charge in [0.1, 0.15) is 18.0 Å². The summed E-state index contributed by atoms with van der Waals surface area (Å²) < 4.78 is 25.7. The molecule has 5 N–H and O–H groups in total. The quantitative estimate of drug-likeness (QED) is 0.249. The largest absolute Gasteiger partial charge is 0.493 e. The van der Waals surface area contributed by atoms with E-state index in [1.54, 1.807) is 24.3 Å². The summed E-state index contributed by atoms with van der Waals surface area (Å²) in [4.78, 5) is 12.7. The van der Waals surface area contributed by atoms with E-state index in [0.717, 1.165) is 5.56 Å². The molecule has 0 radical (unpaired) electrons. The monoisotopic (exact) mass is 600 g/mol. The molecule has 0 fully saturated rings. The van der Waals surface area contributed by atoms with Crippen LogP contribution in [0.15, 0.2) is 48.0 Å². The van der Waals surface area contributed by atoms with E-state index >= 15 is 0 Å². The van der Waals surface area contributed by atoms with Crippen molar-refractivity contribution in [3.8, 4) is 11.5 Å². The van der Waals surface area contributed by atoms with E-state index < -0.39 is 18.2 Å². The van der Waals surface area contributed by atoms with E-state index in [9.17, 15) is 19.4 Å². The van der Waals surface area contributed by atoms with E-state index in [4.69, 9.17) is 14.6 Å². The van der Waals surface area contributed by atoms with E-state index in [-0.39, 0.29) is 37.9 Å². The Kier molecular flexibility index (Phi) is 10.3. The zero-order valence-corrected chi connectivity index (χ0v) is 21.5. The van der Waals surface area contributed by atoms with Crippen molar-refractivity contribution in [3.05, 3.63) is 68.6 Å². The van der Waals surface area contributed by atoms with Gasteiger partial charge in [-0.2, -0.15) is 0 Å². The van der Waals surface area contributed by atoms with Gasteiger partial charge in [0.25, 0.3) is 0 Å². The summed E-state index contributed by atoms with van der Waals surface area (Å²) >= 11 is 2.06. The summed E-state index contributed by atoms with van der Waals surface area (Å²) in [6, 6.07) is 9.21. The molecule has 0 saturated heterocycles. The molecule has 35 heavy (non-hydrogen) atoms. The number of aliphatic hydroxyl groups is 3.